The lowest BCUT2D eigenvalue weighted by Crippen LogP contribution is -2.10. The fraction of sp³-hybridized carbons (Fsp3) is 0.417. The molecule has 2 aromatic rings. The Balaban J connectivity index is 2.18. The smallest absolute Gasteiger partial charge is 0.224 e. The van der Waals surface area contributed by atoms with Crippen molar-refractivity contribution in [1.82, 2.24) is 15.0 Å². The number of rotatable bonds is 4. The Bertz CT molecular complexity index is 537. The molecule has 6 heteroatoms. The Kier molecular flexibility index (Phi) is 3.76. The van der Waals surface area contributed by atoms with Gasteiger partial charge in [0, 0.05) is 29.9 Å². The van der Waals surface area contributed by atoms with Crippen LogP contribution in [-0.4, -0.2) is 22.0 Å². The molecule has 0 radical (unpaired) electrons. The Hall–Kier alpha value is -1.69. The van der Waals surface area contributed by atoms with Crippen LogP contribution in [0.3, 0.4) is 0 Å². The molecule has 2 N–H and O–H groups in total. The van der Waals surface area contributed by atoms with Gasteiger partial charge in [-0.1, -0.05) is 0 Å². The fourth-order valence-corrected chi connectivity index (χ4v) is 2.35. The van der Waals surface area contributed by atoms with Gasteiger partial charge in [-0.15, -0.1) is 11.3 Å². The van der Waals surface area contributed by atoms with E-state index in [1.54, 1.807) is 17.5 Å². The number of hydrogen-bond donors (Lipinski definition) is 2. The lowest BCUT2D eigenvalue weighted by molar-refractivity contribution is 0.850. The summed E-state index contributed by atoms with van der Waals surface area (Å²) in [6, 6.07) is 0.141. The summed E-state index contributed by atoms with van der Waals surface area (Å²) < 4.78 is 0. The molecule has 0 aromatic carbocycles. The third-order valence-electron chi connectivity index (χ3n) is 2.56. The van der Waals surface area contributed by atoms with Crippen molar-refractivity contribution in [2.45, 2.75) is 26.8 Å². The van der Waals surface area contributed by atoms with Crippen molar-refractivity contribution in [1.29, 1.82) is 0 Å². The molecule has 2 rings (SSSR count). The molecule has 0 saturated carbocycles. The molecule has 0 bridgehead atoms. The zero-order valence-electron chi connectivity index (χ0n) is 11.0. The minimum absolute atomic E-state index is 0.141. The molecule has 1 unspecified atom stereocenters. The maximum absolute atomic E-state index is 4.48. The second-order valence-electron chi connectivity index (χ2n) is 4.17. The first-order chi connectivity index (χ1) is 8.60. The summed E-state index contributed by atoms with van der Waals surface area (Å²) in [4.78, 5) is 13.0. The SMILES string of the molecule is CNc1ncc(C)c(NC(C)c2nc(C)cs2)n1. The highest BCUT2D eigenvalue weighted by Crippen LogP contribution is 2.23. The summed E-state index contributed by atoms with van der Waals surface area (Å²) in [5, 5.41) is 9.43. The monoisotopic (exact) mass is 263 g/mol. The number of nitrogens with zero attached hydrogens (tertiary/aromatic N) is 3. The van der Waals surface area contributed by atoms with Gasteiger partial charge < -0.3 is 10.6 Å². The summed E-state index contributed by atoms with van der Waals surface area (Å²) in [5.74, 6) is 1.46. The zero-order chi connectivity index (χ0) is 13.1. The number of anilines is 2. The van der Waals surface area contributed by atoms with Crippen LogP contribution in [0.25, 0.3) is 0 Å². The molecule has 5 nitrogen and oxygen atoms in total. The quantitative estimate of drug-likeness (QED) is 0.888. The first kappa shape index (κ1) is 12.8. The zero-order valence-corrected chi connectivity index (χ0v) is 11.8. The van der Waals surface area contributed by atoms with Gasteiger partial charge in [-0.2, -0.15) is 4.98 Å². The third kappa shape index (κ3) is 2.76. The topological polar surface area (TPSA) is 62.7 Å². The minimum atomic E-state index is 0.141. The van der Waals surface area contributed by atoms with Crippen LogP contribution in [0.4, 0.5) is 11.8 Å². The van der Waals surface area contributed by atoms with Crippen LogP contribution < -0.4 is 10.6 Å². The number of hydrogen-bond acceptors (Lipinski definition) is 6. The maximum atomic E-state index is 4.48. The van der Waals surface area contributed by atoms with E-state index in [2.05, 4.69) is 37.9 Å². The van der Waals surface area contributed by atoms with Crippen molar-refractivity contribution in [3.8, 4) is 0 Å². The first-order valence-corrected chi connectivity index (χ1v) is 6.68. The number of aromatic nitrogens is 3. The molecule has 0 fully saturated rings. The van der Waals surface area contributed by atoms with Crippen LogP contribution in [-0.2, 0) is 0 Å². The van der Waals surface area contributed by atoms with E-state index in [9.17, 15) is 0 Å². The van der Waals surface area contributed by atoms with Crippen molar-refractivity contribution in [3.63, 3.8) is 0 Å². The van der Waals surface area contributed by atoms with Gasteiger partial charge >= 0.3 is 0 Å². The van der Waals surface area contributed by atoms with Crippen LogP contribution in [0.1, 0.15) is 29.2 Å². The van der Waals surface area contributed by atoms with Gasteiger partial charge in [0.15, 0.2) is 0 Å². The fourth-order valence-electron chi connectivity index (χ4n) is 1.55. The second kappa shape index (κ2) is 5.30. The highest BCUT2D eigenvalue weighted by Gasteiger charge is 2.12. The van der Waals surface area contributed by atoms with E-state index in [0.29, 0.717) is 5.95 Å². The lowest BCUT2D eigenvalue weighted by atomic mass is 10.3. The van der Waals surface area contributed by atoms with Crippen molar-refractivity contribution in [2.24, 2.45) is 0 Å². The maximum Gasteiger partial charge on any atom is 0.224 e. The van der Waals surface area contributed by atoms with Gasteiger partial charge in [-0.05, 0) is 20.8 Å². The van der Waals surface area contributed by atoms with Gasteiger partial charge in [0.05, 0.1) is 6.04 Å². The number of nitrogens with one attached hydrogen (secondary N) is 2. The third-order valence-corrected chi connectivity index (χ3v) is 3.70. The molecule has 0 aliphatic heterocycles. The predicted molar refractivity (Wildman–Crippen MR) is 75.2 cm³/mol. The normalized spacial score (nSPS) is 12.2. The molecule has 0 amide bonds. The second-order valence-corrected chi connectivity index (χ2v) is 5.06. The van der Waals surface area contributed by atoms with Crippen molar-refractivity contribution in [3.05, 3.63) is 27.8 Å². The van der Waals surface area contributed by atoms with Crippen molar-refractivity contribution < 1.29 is 0 Å². The molecule has 2 aromatic heterocycles. The average Bonchev–Trinajstić information content (AvgIpc) is 2.79. The van der Waals surface area contributed by atoms with Gasteiger partial charge in [0.2, 0.25) is 5.95 Å². The summed E-state index contributed by atoms with van der Waals surface area (Å²) >= 11 is 1.66. The van der Waals surface area contributed by atoms with Crippen molar-refractivity contribution >= 4 is 23.1 Å². The Morgan fingerprint density at radius 2 is 2.06 bits per heavy atom. The number of thiazole rings is 1. The molecule has 0 aliphatic carbocycles. The molecule has 0 spiro atoms. The van der Waals surface area contributed by atoms with E-state index in [-0.39, 0.29) is 6.04 Å². The summed E-state index contributed by atoms with van der Waals surface area (Å²) in [6.45, 7) is 6.07. The summed E-state index contributed by atoms with van der Waals surface area (Å²) in [5.41, 5.74) is 2.08. The van der Waals surface area contributed by atoms with Gasteiger partial charge in [-0.25, -0.2) is 9.97 Å². The van der Waals surface area contributed by atoms with Crippen LogP contribution in [0.2, 0.25) is 0 Å². The van der Waals surface area contributed by atoms with Crippen LogP contribution in [0.15, 0.2) is 11.6 Å². The molecule has 96 valence electrons. The first-order valence-electron chi connectivity index (χ1n) is 5.80. The van der Waals surface area contributed by atoms with E-state index in [4.69, 9.17) is 0 Å². The van der Waals surface area contributed by atoms with Crippen LogP contribution in [0, 0.1) is 13.8 Å². The Morgan fingerprint density at radius 1 is 1.28 bits per heavy atom. The molecule has 18 heavy (non-hydrogen) atoms. The van der Waals surface area contributed by atoms with Crippen molar-refractivity contribution in [2.75, 3.05) is 17.7 Å². The molecule has 0 saturated heterocycles. The van der Waals surface area contributed by atoms with Gasteiger partial charge in [0.1, 0.15) is 10.8 Å². The molecule has 1 atom stereocenters. The largest absolute Gasteiger partial charge is 0.361 e. The molecular formula is C12H17N5S. The van der Waals surface area contributed by atoms with E-state index >= 15 is 0 Å². The number of aryl methyl sites for hydroxylation is 2. The van der Waals surface area contributed by atoms with E-state index in [1.807, 2.05) is 20.9 Å². The van der Waals surface area contributed by atoms with Crippen LogP contribution >= 0.6 is 11.3 Å². The van der Waals surface area contributed by atoms with Crippen LogP contribution in [0.5, 0.6) is 0 Å². The van der Waals surface area contributed by atoms with E-state index in [0.717, 1.165) is 22.1 Å². The summed E-state index contributed by atoms with van der Waals surface area (Å²) in [7, 11) is 1.81. The predicted octanol–water partition coefficient (Wildman–Crippen LogP) is 2.76. The standard InChI is InChI=1S/C12H17N5S/c1-7-5-14-12(13-4)17-10(7)16-9(3)11-15-8(2)6-18-11/h5-6,9H,1-4H3,(H2,13,14,16,17). The van der Waals surface area contributed by atoms with Gasteiger partial charge in [0.25, 0.3) is 0 Å². The molecule has 2 heterocycles. The lowest BCUT2D eigenvalue weighted by Gasteiger charge is -2.14. The highest BCUT2D eigenvalue weighted by molar-refractivity contribution is 7.09. The van der Waals surface area contributed by atoms with Gasteiger partial charge in [-0.3, -0.25) is 0 Å². The van der Waals surface area contributed by atoms with E-state index < -0.39 is 0 Å². The Labute approximate surface area is 111 Å². The highest BCUT2D eigenvalue weighted by atomic mass is 32.1. The minimum Gasteiger partial charge on any atom is -0.361 e. The molecule has 0 aliphatic rings. The van der Waals surface area contributed by atoms with E-state index in [1.165, 1.54) is 0 Å². The molecular weight excluding hydrogens is 246 g/mol. The summed E-state index contributed by atoms with van der Waals surface area (Å²) in [6.07, 6.45) is 1.81. The Morgan fingerprint density at radius 3 is 2.67 bits per heavy atom. The average molecular weight is 263 g/mol.